The lowest BCUT2D eigenvalue weighted by molar-refractivity contribution is 0.0697. The molecule has 1 N–H and O–H groups in total. The van der Waals surface area contributed by atoms with Crippen molar-refractivity contribution in [1.29, 1.82) is 0 Å². The van der Waals surface area contributed by atoms with E-state index < -0.39 is 5.97 Å². The zero-order valence-electron chi connectivity index (χ0n) is 10.2. The second-order valence-corrected chi connectivity index (χ2v) is 3.49. The summed E-state index contributed by atoms with van der Waals surface area (Å²) in [6.45, 7) is 5.54. The first-order valence-electron chi connectivity index (χ1n) is 5.48. The number of hydrogen-bond donors (Lipinski definition) is 1. The Morgan fingerprint density at radius 2 is 2.00 bits per heavy atom. The van der Waals surface area contributed by atoms with Gasteiger partial charge in [0.2, 0.25) is 0 Å². The molecular weight excluding hydrogens is 224 g/mol. The highest BCUT2D eigenvalue weighted by molar-refractivity contribution is 5.87. The predicted molar refractivity (Wildman–Crippen MR) is 73.4 cm³/mol. The van der Waals surface area contributed by atoms with Crippen molar-refractivity contribution >= 4 is 5.97 Å². The van der Waals surface area contributed by atoms with Crippen LogP contribution in [0, 0.1) is 11.8 Å². The monoisotopic (exact) mass is 238 g/mol. The molecular formula is C16H14O2. The van der Waals surface area contributed by atoms with Crippen molar-refractivity contribution in [1.82, 2.24) is 0 Å². The molecule has 0 aliphatic rings. The largest absolute Gasteiger partial charge is 0.478 e. The summed E-state index contributed by atoms with van der Waals surface area (Å²) in [6, 6.07) is 6.47. The summed E-state index contributed by atoms with van der Waals surface area (Å²) in [4.78, 5) is 10.7. The Bertz CT molecular complexity index is 549. The van der Waals surface area contributed by atoms with Crippen LogP contribution in [0.3, 0.4) is 0 Å². The molecule has 2 heteroatoms. The summed E-state index contributed by atoms with van der Waals surface area (Å²) in [6.07, 6.45) is 7.29. The molecule has 0 bridgehead atoms. The topological polar surface area (TPSA) is 37.3 Å². The van der Waals surface area contributed by atoms with Crippen molar-refractivity contribution in [3.8, 4) is 11.8 Å². The van der Waals surface area contributed by atoms with Gasteiger partial charge in [0, 0.05) is 11.1 Å². The van der Waals surface area contributed by atoms with Crippen molar-refractivity contribution in [3.05, 3.63) is 71.8 Å². The number of carbonyl (C=O) groups is 1. The summed E-state index contributed by atoms with van der Waals surface area (Å²) in [7, 11) is 0. The summed E-state index contributed by atoms with van der Waals surface area (Å²) < 4.78 is 0. The molecule has 0 aliphatic heterocycles. The van der Waals surface area contributed by atoms with Gasteiger partial charge < -0.3 is 5.11 Å². The molecule has 0 saturated heterocycles. The molecule has 0 aliphatic carbocycles. The number of benzene rings is 1. The third-order valence-corrected chi connectivity index (χ3v) is 2.13. The van der Waals surface area contributed by atoms with E-state index in [4.69, 9.17) is 5.11 Å². The lowest BCUT2D eigenvalue weighted by Crippen LogP contribution is -1.94. The van der Waals surface area contributed by atoms with Gasteiger partial charge in [-0.1, -0.05) is 36.6 Å². The van der Waals surface area contributed by atoms with Crippen molar-refractivity contribution < 1.29 is 9.90 Å². The molecule has 0 unspecified atom stereocenters. The van der Waals surface area contributed by atoms with E-state index in [1.54, 1.807) is 30.3 Å². The molecule has 0 spiro atoms. The maximum absolute atomic E-state index is 10.7. The third kappa shape index (κ3) is 4.15. The number of hydrogen-bond acceptors (Lipinski definition) is 1. The lowest BCUT2D eigenvalue weighted by Gasteiger charge is -1.93. The average Bonchev–Trinajstić information content (AvgIpc) is 2.37. The summed E-state index contributed by atoms with van der Waals surface area (Å²) in [5.41, 5.74) is 1.89. The van der Waals surface area contributed by atoms with Gasteiger partial charge in [-0.2, -0.15) is 0 Å². The zero-order valence-corrected chi connectivity index (χ0v) is 10.2. The Hall–Kier alpha value is -2.53. The Balaban J connectivity index is 2.94. The maximum Gasteiger partial charge on any atom is 0.335 e. The molecule has 0 atom stereocenters. The summed E-state index contributed by atoms with van der Waals surface area (Å²) in [5, 5.41) is 8.77. The van der Waals surface area contributed by atoms with E-state index in [1.165, 1.54) is 0 Å². The highest BCUT2D eigenvalue weighted by atomic mass is 16.4. The molecule has 1 aromatic rings. The van der Waals surface area contributed by atoms with E-state index >= 15 is 0 Å². The van der Waals surface area contributed by atoms with Gasteiger partial charge in [-0.25, -0.2) is 4.79 Å². The molecule has 0 heterocycles. The van der Waals surface area contributed by atoms with Gasteiger partial charge in [0.1, 0.15) is 0 Å². The van der Waals surface area contributed by atoms with Crippen LogP contribution in [0.4, 0.5) is 0 Å². The average molecular weight is 238 g/mol. The van der Waals surface area contributed by atoms with Gasteiger partial charge in [0.15, 0.2) is 0 Å². The Kier molecular flexibility index (Phi) is 5.21. The quantitative estimate of drug-likeness (QED) is 0.647. The van der Waals surface area contributed by atoms with Crippen LogP contribution in [0.15, 0.2) is 60.7 Å². The number of rotatable bonds is 3. The van der Waals surface area contributed by atoms with Gasteiger partial charge >= 0.3 is 5.97 Å². The fraction of sp³-hybridized carbons (Fsp3) is 0.0625. The molecule has 0 fully saturated rings. The van der Waals surface area contributed by atoms with Gasteiger partial charge in [0.25, 0.3) is 0 Å². The van der Waals surface area contributed by atoms with Crippen molar-refractivity contribution in [3.63, 3.8) is 0 Å². The van der Waals surface area contributed by atoms with E-state index in [2.05, 4.69) is 18.4 Å². The fourth-order valence-corrected chi connectivity index (χ4v) is 1.29. The van der Waals surface area contributed by atoms with E-state index in [1.807, 2.05) is 25.2 Å². The SMILES string of the molecule is C=C/C=C(C#Cc1ccc(C(=O)O)cc1)\C=C/C. The van der Waals surface area contributed by atoms with Gasteiger partial charge in [-0.05, 0) is 37.3 Å². The zero-order chi connectivity index (χ0) is 13.4. The Morgan fingerprint density at radius 3 is 2.50 bits per heavy atom. The Morgan fingerprint density at radius 1 is 1.33 bits per heavy atom. The van der Waals surface area contributed by atoms with E-state index in [0.717, 1.165) is 11.1 Å². The van der Waals surface area contributed by atoms with E-state index in [-0.39, 0.29) is 5.56 Å². The van der Waals surface area contributed by atoms with Gasteiger partial charge in [0.05, 0.1) is 5.56 Å². The lowest BCUT2D eigenvalue weighted by atomic mass is 10.1. The second-order valence-electron chi connectivity index (χ2n) is 3.49. The molecule has 1 aromatic carbocycles. The standard InChI is InChI=1S/C16H14O2/c1-3-5-13(6-4-2)7-8-14-9-11-15(12-10-14)16(17)18/h3-6,9-12H,1H2,2H3,(H,17,18)/b6-4-,13-5+. The fourth-order valence-electron chi connectivity index (χ4n) is 1.29. The molecule has 2 nitrogen and oxygen atoms in total. The van der Waals surface area contributed by atoms with Crippen LogP contribution >= 0.6 is 0 Å². The van der Waals surface area contributed by atoms with Crippen LogP contribution in [0.1, 0.15) is 22.8 Å². The molecule has 90 valence electrons. The minimum absolute atomic E-state index is 0.260. The normalized spacial score (nSPS) is 10.8. The minimum atomic E-state index is -0.935. The molecule has 0 amide bonds. The van der Waals surface area contributed by atoms with E-state index in [9.17, 15) is 4.79 Å². The number of carboxylic acid groups (broad SMARTS) is 1. The summed E-state index contributed by atoms with van der Waals surface area (Å²) in [5.74, 6) is 5.03. The van der Waals surface area contributed by atoms with Crippen LogP contribution in [-0.2, 0) is 0 Å². The first kappa shape index (κ1) is 13.5. The second kappa shape index (κ2) is 6.93. The number of allylic oxidation sites excluding steroid dienone is 5. The Labute approximate surface area is 107 Å². The van der Waals surface area contributed by atoms with E-state index in [0.29, 0.717) is 0 Å². The van der Waals surface area contributed by atoms with Crippen LogP contribution in [0.5, 0.6) is 0 Å². The highest BCUT2D eigenvalue weighted by Gasteiger charge is 1.99. The molecule has 1 rings (SSSR count). The predicted octanol–water partition coefficient (Wildman–Crippen LogP) is 3.42. The first-order valence-corrected chi connectivity index (χ1v) is 5.48. The number of aromatic carboxylic acids is 1. The molecule has 0 aromatic heterocycles. The first-order chi connectivity index (χ1) is 8.67. The smallest absolute Gasteiger partial charge is 0.335 e. The molecule has 0 radical (unpaired) electrons. The van der Waals surface area contributed by atoms with Crippen molar-refractivity contribution in [2.45, 2.75) is 6.92 Å². The molecule has 0 saturated carbocycles. The van der Waals surface area contributed by atoms with Crippen LogP contribution in [-0.4, -0.2) is 11.1 Å². The number of carboxylic acids is 1. The van der Waals surface area contributed by atoms with Crippen LogP contribution in [0.25, 0.3) is 0 Å². The third-order valence-electron chi connectivity index (χ3n) is 2.13. The van der Waals surface area contributed by atoms with Crippen LogP contribution in [0.2, 0.25) is 0 Å². The minimum Gasteiger partial charge on any atom is -0.478 e. The van der Waals surface area contributed by atoms with Gasteiger partial charge in [-0.3, -0.25) is 0 Å². The highest BCUT2D eigenvalue weighted by Crippen LogP contribution is 2.04. The molecule has 18 heavy (non-hydrogen) atoms. The van der Waals surface area contributed by atoms with Crippen molar-refractivity contribution in [2.75, 3.05) is 0 Å². The maximum atomic E-state index is 10.7. The summed E-state index contributed by atoms with van der Waals surface area (Å²) >= 11 is 0. The van der Waals surface area contributed by atoms with Gasteiger partial charge in [-0.15, -0.1) is 0 Å². The van der Waals surface area contributed by atoms with Crippen LogP contribution < -0.4 is 0 Å². The van der Waals surface area contributed by atoms with Crippen molar-refractivity contribution in [2.24, 2.45) is 0 Å².